The minimum atomic E-state index is -0.651. The first-order valence-corrected chi connectivity index (χ1v) is 5.22. The molecule has 84 valence electrons. The fourth-order valence-electron chi connectivity index (χ4n) is 2.67. The van der Waals surface area contributed by atoms with Crippen molar-refractivity contribution >= 4 is 23.4 Å². The van der Waals surface area contributed by atoms with Crippen molar-refractivity contribution in [3.63, 3.8) is 0 Å². The van der Waals surface area contributed by atoms with Crippen LogP contribution < -0.4 is 0 Å². The van der Waals surface area contributed by atoms with Gasteiger partial charge in [-0.05, 0) is 0 Å². The van der Waals surface area contributed by atoms with Crippen LogP contribution in [-0.2, 0) is 19.2 Å². The molecule has 0 aromatic rings. The Hall–Kier alpha value is -1.72. The lowest BCUT2D eigenvalue weighted by molar-refractivity contribution is -0.157. The van der Waals surface area contributed by atoms with E-state index in [2.05, 4.69) is 0 Å². The largest absolute Gasteiger partial charge is 0.321 e. The van der Waals surface area contributed by atoms with E-state index in [1.54, 1.807) is 0 Å². The fourth-order valence-corrected chi connectivity index (χ4v) is 2.67. The molecule has 0 bridgehead atoms. The second kappa shape index (κ2) is 2.90. The highest BCUT2D eigenvalue weighted by Crippen LogP contribution is 2.29. The number of carbonyl (C=O) groups excluding carboxylic acids is 4. The maximum atomic E-state index is 12.0. The third-order valence-electron chi connectivity index (χ3n) is 3.42. The van der Waals surface area contributed by atoms with E-state index < -0.39 is 12.1 Å². The van der Waals surface area contributed by atoms with Gasteiger partial charge in [-0.1, -0.05) is 0 Å². The van der Waals surface area contributed by atoms with Crippen LogP contribution in [0.1, 0.15) is 12.8 Å². The van der Waals surface area contributed by atoms with Crippen LogP contribution in [0.3, 0.4) is 0 Å². The highest BCUT2D eigenvalue weighted by atomic mass is 16.2. The molecule has 2 unspecified atom stereocenters. The number of ketones is 2. The van der Waals surface area contributed by atoms with Crippen LogP contribution in [0.25, 0.3) is 0 Å². The highest BCUT2D eigenvalue weighted by molar-refractivity contribution is 6.08. The lowest BCUT2D eigenvalue weighted by atomic mass is 10.1. The van der Waals surface area contributed by atoms with Crippen LogP contribution in [0.4, 0.5) is 0 Å². The zero-order valence-electron chi connectivity index (χ0n) is 8.51. The van der Waals surface area contributed by atoms with Gasteiger partial charge >= 0.3 is 0 Å². The summed E-state index contributed by atoms with van der Waals surface area (Å²) in [6, 6.07) is -1.30. The Morgan fingerprint density at radius 2 is 1.12 bits per heavy atom. The molecule has 0 spiro atoms. The number of Topliss-reactive ketones (excluding diaryl/α,β-unsaturated/α-hetero) is 2. The summed E-state index contributed by atoms with van der Waals surface area (Å²) in [7, 11) is 0. The van der Waals surface area contributed by atoms with E-state index in [1.807, 2.05) is 0 Å². The summed E-state index contributed by atoms with van der Waals surface area (Å²) in [5.74, 6) is -0.666. The molecule has 0 N–H and O–H groups in total. The average molecular weight is 222 g/mol. The SMILES string of the molecule is O=C1CC2C(=O)N3CC(=O)CC3C(=O)N2C1. The molecule has 6 heteroatoms. The summed E-state index contributed by atoms with van der Waals surface area (Å²) in [6.45, 7) is 0.0432. The molecule has 3 aliphatic rings. The highest BCUT2D eigenvalue weighted by Gasteiger charge is 2.53. The van der Waals surface area contributed by atoms with Crippen LogP contribution in [0, 0.1) is 0 Å². The van der Waals surface area contributed by atoms with Gasteiger partial charge in [-0.2, -0.15) is 0 Å². The van der Waals surface area contributed by atoms with E-state index in [0.29, 0.717) is 0 Å². The topological polar surface area (TPSA) is 74.8 Å². The summed E-state index contributed by atoms with van der Waals surface area (Å²) < 4.78 is 0. The van der Waals surface area contributed by atoms with Crippen LogP contribution in [0.2, 0.25) is 0 Å². The second-order valence-corrected chi connectivity index (χ2v) is 4.45. The maximum Gasteiger partial charge on any atom is 0.246 e. The van der Waals surface area contributed by atoms with Gasteiger partial charge in [-0.3, -0.25) is 19.2 Å². The molecule has 3 fully saturated rings. The molecule has 2 atom stereocenters. The van der Waals surface area contributed by atoms with Crippen LogP contribution >= 0.6 is 0 Å². The molecule has 0 saturated carbocycles. The normalized spacial score (nSPS) is 33.5. The zero-order valence-corrected chi connectivity index (χ0v) is 8.51. The van der Waals surface area contributed by atoms with Gasteiger partial charge in [0.25, 0.3) is 0 Å². The van der Waals surface area contributed by atoms with Gasteiger partial charge in [0.15, 0.2) is 11.6 Å². The summed E-state index contributed by atoms with van der Waals surface area (Å²) in [5.41, 5.74) is 0. The van der Waals surface area contributed by atoms with Crippen LogP contribution in [0.15, 0.2) is 0 Å². The van der Waals surface area contributed by atoms with Crippen molar-refractivity contribution in [2.24, 2.45) is 0 Å². The van der Waals surface area contributed by atoms with Crippen molar-refractivity contribution in [1.82, 2.24) is 9.80 Å². The fraction of sp³-hybridized carbons (Fsp3) is 0.600. The monoisotopic (exact) mass is 222 g/mol. The summed E-state index contributed by atoms with van der Waals surface area (Å²) in [5, 5.41) is 0. The summed E-state index contributed by atoms with van der Waals surface area (Å²) in [6.07, 6.45) is 0.198. The zero-order chi connectivity index (χ0) is 11.4. The lowest BCUT2D eigenvalue weighted by Gasteiger charge is -2.37. The average Bonchev–Trinajstić information content (AvgIpc) is 2.78. The molecular formula is C10H10N2O4. The molecule has 3 aliphatic heterocycles. The van der Waals surface area contributed by atoms with E-state index >= 15 is 0 Å². The van der Waals surface area contributed by atoms with Gasteiger partial charge < -0.3 is 9.80 Å². The summed E-state index contributed by atoms with van der Waals surface area (Å²) in [4.78, 5) is 49.1. The van der Waals surface area contributed by atoms with Gasteiger partial charge in [-0.15, -0.1) is 0 Å². The number of rotatable bonds is 0. The van der Waals surface area contributed by atoms with Crippen LogP contribution in [-0.4, -0.2) is 58.4 Å². The minimum absolute atomic E-state index is 0.0216. The van der Waals surface area contributed by atoms with E-state index in [9.17, 15) is 19.2 Å². The Morgan fingerprint density at radius 1 is 0.750 bits per heavy atom. The smallest absolute Gasteiger partial charge is 0.246 e. The molecule has 0 radical (unpaired) electrons. The molecule has 0 aromatic heterocycles. The Balaban J connectivity index is 1.97. The minimum Gasteiger partial charge on any atom is -0.321 e. The Kier molecular flexibility index (Phi) is 1.72. The van der Waals surface area contributed by atoms with Gasteiger partial charge in [0.05, 0.1) is 13.1 Å². The van der Waals surface area contributed by atoms with Gasteiger partial charge in [0.1, 0.15) is 12.1 Å². The van der Waals surface area contributed by atoms with Crippen molar-refractivity contribution < 1.29 is 19.2 Å². The number of fused-ring (bicyclic) bond motifs is 2. The Morgan fingerprint density at radius 3 is 1.50 bits per heavy atom. The molecule has 0 aliphatic carbocycles. The summed E-state index contributed by atoms with van der Waals surface area (Å²) >= 11 is 0. The van der Waals surface area contributed by atoms with Crippen molar-refractivity contribution in [3.05, 3.63) is 0 Å². The molecular weight excluding hydrogens is 212 g/mol. The lowest BCUT2D eigenvalue weighted by Crippen LogP contribution is -2.60. The standard InChI is InChI=1S/C10H10N2O4/c13-5-1-7-9(15)12-4-6(14)2-8(12)10(16)11(7)3-5/h7-8H,1-4H2. The molecule has 3 rings (SSSR count). The number of amides is 2. The van der Waals surface area contributed by atoms with Crippen molar-refractivity contribution in [2.75, 3.05) is 13.1 Å². The Bertz CT molecular complexity index is 359. The van der Waals surface area contributed by atoms with E-state index in [4.69, 9.17) is 0 Å². The van der Waals surface area contributed by atoms with Crippen LogP contribution in [0.5, 0.6) is 0 Å². The van der Waals surface area contributed by atoms with E-state index in [1.165, 1.54) is 9.80 Å². The molecule has 16 heavy (non-hydrogen) atoms. The van der Waals surface area contributed by atoms with Crippen molar-refractivity contribution in [1.29, 1.82) is 0 Å². The molecule has 3 heterocycles. The van der Waals surface area contributed by atoms with E-state index in [0.717, 1.165) is 0 Å². The first-order chi connectivity index (χ1) is 7.58. The quantitative estimate of drug-likeness (QED) is 0.491. The first-order valence-electron chi connectivity index (χ1n) is 5.22. The molecule has 0 aromatic carbocycles. The number of nitrogens with zero attached hydrogens (tertiary/aromatic N) is 2. The predicted molar refractivity (Wildman–Crippen MR) is 50.3 cm³/mol. The number of piperazine rings is 1. The first kappa shape index (κ1) is 9.50. The van der Waals surface area contributed by atoms with Gasteiger partial charge in [-0.25, -0.2) is 0 Å². The number of hydrogen-bond acceptors (Lipinski definition) is 4. The Labute approximate surface area is 91.2 Å². The molecule has 3 saturated heterocycles. The number of carbonyl (C=O) groups is 4. The van der Waals surface area contributed by atoms with Crippen molar-refractivity contribution in [3.8, 4) is 0 Å². The molecule has 2 amide bonds. The maximum absolute atomic E-state index is 12.0. The van der Waals surface area contributed by atoms with Gasteiger partial charge in [0, 0.05) is 12.8 Å². The predicted octanol–water partition coefficient (Wildman–Crippen LogP) is -1.66. The second-order valence-electron chi connectivity index (χ2n) is 4.45. The van der Waals surface area contributed by atoms with E-state index in [-0.39, 0.29) is 49.3 Å². The number of hydrogen-bond donors (Lipinski definition) is 0. The third kappa shape index (κ3) is 1.07. The van der Waals surface area contributed by atoms with Crippen molar-refractivity contribution in [2.45, 2.75) is 24.9 Å². The van der Waals surface area contributed by atoms with Gasteiger partial charge in [0.2, 0.25) is 11.8 Å². The third-order valence-corrected chi connectivity index (χ3v) is 3.42. The molecule has 6 nitrogen and oxygen atoms in total.